The van der Waals surface area contributed by atoms with E-state index in [9.17, 15) is 14.4 Å². The van der Waals surface area contributed by atoms with E-state index in [1.54, 1.807) is 36.4 Å². The number of carbonyl (C=O) groups is 3. The van der Waals surface area contributed by atoms with E-state index in [-0.39, 0.29) is 31.2 Å². The summed E-state index contributed by atoms with van der Waals surface area (Å²) in [4.78, 5) is 43.4. The first-order valence-corrected chi connectivity index (χ1v) is 13.3. The minimum Gasteiger partial charge on any atom is -0.496 e. The van der Waals surface area contributed by atoms with E-state index in [0.29, 0.717) is 26.5 Å². The number of imide groups is 1. The molecule has 2 aliphatic rings. The number of benzene rings is 3. The SMILES string of the molecule is COc1ccc(Br)cc1[C@@H]1[C@@H](N2C(=O)c3c(Cl)c(Cl)c(Cl)c(Cl)c3C2=O)C(=O)N1c1ccc(Cl)cc1C. The number of amides is 3. The van der Waals surface area contributed by atoms with Gasteiger partial charge in [-0.2, -0.15) is 0 Å². The Balaban J connectivity index is 1.69. The molecule has 6 nitrogen and oxygen atoms in total. The Bertz CT molecular complexity index is 1500. The summed E-state index contributed by atoms with van der Waals surface area (Å²) in [6, 6.07) is 8.33. The summed E-state index contributed by atoms with van der Waals surface area (Å²) >= 11 is 34.6. The van der Waals surface area contributed by atoms with Crippen LogP contribution in [0.1, 0.15) is 37.9 Å². The normalized spacial score (nSPS) is 18.9. The fraction of sp³-hybridized carbons (Fsp3) is 0.160. The van der Waals surface area contributed by atoms with E-state index in [1.807, 2.05) is 6.92 Å². The van der Waals surface area contributed by atoms with Crippen molar-refractivity contribution in [2.24, 2.45) is 0 Å². The topological polar surface area (TPSA) is 66.9 Å². The van der Waals surface area contributed by atoms with Gasteiger partial charge in [-0.3, -0.25) is 24.2 Å². The fourth-order valence-electron chi connectivity index (χ4n) is 4.75. The predicted octanol–water partition coefficient (Wildman–Crippen LogP) is 7.79. The maximum atomic E-state index is 13.8. The lowest BCUT2D eigenvalue weighted by atomic mass is 9.85. The molecular formula is C25H14BrCl5N2O4. The van der Waals surface area contributed by atoms with Crippen LogP contribution in [0.4, 0.5) is 5.69 Å². The van der Waals surface area contributed by atoms with Crippen LogP contribution in [0.5, 0.6) is 5.75 Å². The lowest BCUT2D eigenvalue weighted by Gasteiger charge is -2.50. The van der Waals surface area contributed by atoms with Crippen molar-refractivity contribution in [3.05, 3.63) is 88.2 Å². The van der Waals surface area contributed by atoms with Crippen LogP contribution in [0.2, 0.25) is 25.1 Å². The van der Waals surface area contributed by atoms with Crippen molar-refractivity contribution in [3.8, 4) is 5.75 Å². The van der Waals surface area contributed by atoms with Gasteiger partial charge in [0.2, 0.25) is 0 Å². The third kappa shape index (κ3) is 3.94. The third-order valence-electron chi connectivity index (χ3n) is 6.41. The van der Waals surface area contributed by atoms with Gasteiger partial charge in [0.05, 0.1) is 44.4 Å². The Morgan fingerprint density at radius 3 is 1.92 bits per heavy atom. The Morgan fingerprint density at radius 2 is 1.38 bits per heavy atom. The average molecular weight is 664 g/mol. The van der Waals surface area contributed by atoms with E-state index in [2.05, 4.69) is 15.9 Å². The van der Waals surface area contributed by atoms with E-state index in [1.165, 1.54) is 12.0 Å². The number of nitrogens with zero attached hydrogens (tertiary/aromatic N) is 2. The molecule has 0 aliphatic carbocycles. The van der Waals surface area contributed by atoms with Crippen LogP contribution in [0.15, 0.2) is 40.9 Å². The van der Waals surface area contributed by atoms with Gasteiger partial charge >= 0.3 is 0 Å². The zero-order valence-corrected chi connectivity index (χ0v) is 24.3. The number of carbonyl (C=O) groups excluding carboxylic acids is 3. The Morgan fingerprint density at radius 1 is 0.784 bits per heavy atom. The highest BCUT2D eigenvalue weighted by atomic mass is 79.9. The van der Waals surface area contributed by atoms with Gasteiger partial charge in [-0.25, -0.2) is 0 Å². The molecule has 0 aromatic heterocycles. The van der Waals surface area contributed by atoms with E-state index < -0.39 is 29.8 Å². The largest absolute Gasteiger partial charge is 0.496 e. The number of halogens is 6. The second-order valence-corrected chi connectivity index (χ2v) is 11.3. The fourth-order valence-corrected chi connectivity index (χ4v) is 6.37. The van der Waals surface area contributed by atoms with Crippen LogP contribution >= 0.6 is 73.9 Å². The molecule has 2 atom stereocenters. The van der Waals surface area contributed by atoms with Gasteiger partial charge in [0.1, 0.15) is 11.8 Å². The number of ether oxygens (including phenoxy) is 1. The van der Waals surface area contributed by atoms with Crippen molar-refractivity contribution in [2.45, 2.75) is 19.0 Å². The molecule has 37 heavy (non-hydrogen) atoms. The molecule has 3 aromatic rings. The number of anilines is 1. The summed E-state index contributed by atoms with van der Waals surface area (Å²) in [5, 5.41) is -0.223. The lowest BCUT2D eigenvalue weighted by molar-refractivity contribution is -0.130. The maximum Gasteiger partial charge on any atom is 0.264 e. The van der Waals surface area contributed by atoms with E-state index in [0.717, 1.165) is 10.5 Å². The van der Waals surface area contributed by atoms with Crippen LogP contribution in [0.3, 0.4) is 0 Å². The average Bonchev–Trinajstić information content (AvgIpc) is 3.11. The summed E-state index contributed by atoms with van der Waals surface area (Å²) in [5.41, 5.74) is 1.47. The third-order valence-corrected chi connectivity index (χ3v) is 8.94. The van der Waals surface area contributed by atoms with Gasteiger partial charge < -0.3 is 4.74 Å². The van der Waals surface area contributed by atoms with Gasteiger partial charge in [-0.05, 0) is 48.9 Å². The number of methoxy groups -OCH3 is 1. The zero-order valence-electron chi connectivity index (χ0n) is 18.9. The summed E-state index contributed by atoms with van der Waals surface area (Å²) < 4.78 is 6.29. The summed E-state index contributed by atoms with van der Waals surface area (Å²) in [6.45, 7) is 1.81. The first-order chi connectivity index (χ1) is 17.5. The van der Waals surface area contributed by atoms with Crippen LogP contribution in [-0.2, 0) is 4.79 Å². The van der Waals surface area contributed by atoms with Crippen molar-refractivity contribution in [1.29, 1.82) is 0 Å². The molecule has 12 heteroatoms. The standard InChI is InChI=1S/C25H14BrCl5N2O4/c1-9-7-11(27)4-5-13(9)32-21(12-8-10(26)3-6-14(12)37-2)22(25(32)36)33-23(34)15-16(24(33)35)18(29)20(31)19(30)17(15)28/h3-8,21-22H,1-2H3/t21-,22-/m1/s1. The number of β-lactam (4-membered cyclic amide) rings is 1. The molecule has 0 bridgehead atoms. The van der Waals surface area contributed by atoms with Gasteiger partial charge in [0, 0.05) is 20.7 Å². The number of hydrogen-bond donors (Lipinski definition) is 0. The maximum absolute atomic E-state index is 13.8. The van der Waals surface area contributed by atoms with Gasteiger partial charge in [-0.15, -0.1) is 0 Å². The van der Waals surface area contributed by atoms with Gasteiger partial charge in [-0.1, -0.05) is 73.9 Å². The smallest absolute Gasteiger partial charge is 0.264 e. The van der Waals surface area contributed by atoms with Crippen LogP contribution < -0.4 is 9.64 Å². The Kier molecular flexibility index (Phi) is 6.92. The number of aryl methyl sites for hydroxylation is 1. The van der Waals surface area contributed by atoms with E-state index in [4.69, 9.17) is 62.7 Å². The second kappa shape index (κ2) is 9.63. The minimum atomic E-state index is -1.23. The molecule has 3 aromatic carbocycles. The molecule has 2 aliphatic heterocycles. The van der Waals surface area contributed by atoms with E-state index >= 15 is 0 Å². The molecule has 0 unspecified atom stereocenters. The molecule has 2 heterocycles. The van der Waals surface area contributed by atoms with Crippen LogP contribution in [0.25, 0.3) is 0 Å². The Labute approximate surface area is 245 Å². The Hall–Kier alpha value is -2.00. The number of fused-ring (bicyclic) bond motifs is 1. The molecule has 190 valence electrons. The molecule has 3 amide bonds. The summed E-state index contributed by atoms with van der Waals surface area (Å²) in [5.74, 6) is -1.62. The molecule has 0 radical (unpaired) electrons. The van der Waals surface area contributed by atoms with Crippen molar-refractivity contribution < 1.29 is 19.1 Å². The number of hydrogen-bond acceptors (Lipinski definition) is 4. The van der Waals surface area contributed by atoms with Crippen LogP contribution in [-0.4, -0.2) is 35.8 Å². The molecule has 5 rings (SSSR count). The van der Waals surface area contributed by atoms with Crippen molar-refractivity contribution >= 4 is 97.3 Å². The second-order valence-electron chi connectivity index (χ2n) is 8.40. The molecule has 1 saturated heterocycles. The summed E-state index contributed by atoms with van der Waals surface area (Å²) in [6.07, 6.45) is 0. The number of rotatable bonds is 4. The van der Waals surface area contributed by atoms with Gasteiger partial charge in [0.15, 0.2) is 0 Å². The molecule has 0 saturated carbocycles. The lowest BCUT2D eigenvalue weighted by Crippen LogP contribution is -2.67. The van der Waals surface area contributed by atoms with Gasteiger partial charge in [0.25, 0.3) is 17.7 Å². The van der Waals surface area contributed by atoms with Crippen molar-refractivity contribution in [2.75, 3.05) is 12.0 Å². The van der Waals surface area contributed by atoms with Crippen molar-refractivity contribution in [3.63, 3.8) is 0 Å². The first-order valence-electron chi connectivity index (χ1n) is 10.7. The minimum absolute atomic E-state index is 0.154. The molecule has 1 fully saturated rings. The monoisotopic (exact) mass is 660 g/mol. The summed E-state index contributed by atoms with van der Waals surface area (Å²) in [7, 11) is 1.49. The molecule has 0 N–H and O–H groups in total. The highest BCUT2D eigenvalue weighted by Gasteiger charge is 2.59. The highest BCUT2D eigenvalue weighted by molar-refractivity contribution is 9.10. The zero-order chi connectivity index (χ0) is 26.9. The molecule has 0 spiro atoms. The highest BCUT2D eigenvalue weighted by Crippen LogP contribution is 2.51. The quantitative estimate of drug-likeness (QED) is 0.124. The first kappa shape index (κ1) is 26.6. The predicted molar refractivity (Wildman–Crippen MR) is 148 cm³/mol. The molecular weight excluding hydrogens is 649 g/mol. The van der Waals surface area contributed by atoms with Crippen molar-refractivity contribution in [1.82, 2.24) is 4.90 Å². The van der Waals surface area contributed by atoms with Crippen LogP contribution in [0, 0.1) is 6.92 Å².